The van der Waals surface area contributed by atoms with Gasteiger partial charge in [0, 0.05) is 13.2 Å². The maximum Gasteiger partial charge on any atom is 0.306 e. The lowest BCUT2D eigenvalue weighted by molar-refractivity contribution is -0.145. The first-order valence-electron chi connectivity index (χ1n) is 5.08. The van der Waals surface area contributed by atoms with Gasteiger partial charge in [-0.05, 0) is 37.5 Å². The second-order valence-corrected chi connectivity index (χ2v) is 4.23. The van der Waals surface area contributed by atoms with Gasteiger partial charge in [-0.2, -0.15) is 0 Å². The van der Waals surface area contributed by atoms with Crippen molar-refractivity contribution in [2.45, 2.75) is 25.7 Å². The Morgan fingerprint density at radius 2 is 2.08 bits per heavy atom. The monoisotopic (exact) mass is 184 g/mol. The van der Waals surface area contributed by atoms with E-state index in [1.807, 2.05) is 0 Å². The lowest BCUT2D eigenvalue weighted by atomic mass is 9.72. The molecule has 1 aliphatic heterocycles. The smallest absolute Gasteiger partial charge is 0.306 e. The first-order valence-corrected chi connectivity index (χ1v) is 5.08. The van der Waals surface area contributed by atoms with Gasteiger partial charge in [0.2, 0.25) is 0 Å². The molecule has 0 aromatic carbocycles. The van der Waals surface area contributed by atoms with Gasteiger partial charge in [0.1, 0.15) is 0 Å². The predicted octanol–water partition coefficient (Wildman–Crippen LogP) is 1.52. The van der Waals surface area contributed by atoms with Crippen LogP contribution in [-0.2, 0) is 9.53 Å². The number of aliphatic carboxylic acids is 1. The highest BCUT2D eigenvalue weighted by Crippen LogP contribution is 2.38. The maximum absolute atomic E-state index is 10.8. The summed E-state index contributed by atoms with van der Waals surface area (Å²) in [5.41, 5.74) is 0. The minimum atomic E-state index is -0.607. The van der Waals surface area contributed by atoms with E-state index >= 15 is 0 Å². The minimum absolute atomic E-state index is 0.0839. The van der Waals surface area contributed by atoms with Crippen LogP contribution in [0.1, 0.15) is 25.7 Å². The second-order valence-electron chi connectivity index (χ2n) is 4.23. The van der Waals surface area contributed by atoms with E-state index in [4.69, 9.17) is 9.84 Å². The number of carbonyl (C=O) groups is 1. The molecule has 1 aliphatic carbocycles. The van der Waals surface area contributed by atoms with Crippen LogP contribution in [0.3, 0.4) is 0 Å². The van der Waals surface area contributed by atoms with Crippen LogP contribution in [0.25, 0.3) is 0 Å². The normalized spacial score (nSPS) is 39.5. The average molecular weight is 184 g/mol. The van der Waals surface area contributed by atoms with Crippen LogP contribution in [0.4, 0.5) is 0 Å². The molecule has 13 heavy (non-hydrogen) atoms. The third-order valence-corrected chi connectivity index (χ3v) is 3.45. The van der Waals surface area contributed by atoms with E-state index in [0.29, 0.717) is 11.8 Å². The highest BCUT2D eigenvalue weighted by atomic mass is 16.5. The number of fused-ring (bicyclic) bond motifs is 1. The number of hydrogen-bond donors (Lipinski definition) is 1. The molecule has 0 bridgehead atoms. The van der Waals surface area contributed by atoms with Gasteiger partial charge in [-0.3, -0.25) is 4.79 Å². The molecule has 1 saturated carbocycles. The molecule has 1 saturated heterocycles. The Hall–Kier alpha value is -0.570. The molecule has 0 aromatic rings. The zero-order chi connectivity index (χ0) is 9.26. The average Bonchev–Trinajstić information content (AvgIpc) is 2.17. The molecule has 0 radical (unpaired) electrons. The Morgan fingerprint density at radius 3 is 2.85 bits per heavy atom. The molecular formula is C10H16O3. The Kier molecular flexibility index (Phi) is 2.54. The van der Waals surface area contributed by atoms with E-state index in [-0.39, 0.29) is 5.92 Å². The summed E-state index contributed by atoms with van der Waals surface area (Å²) < 4.78 is 5.39. The van der Waals surface area contributed by atoms with Gasteiger partial charge in [0.15, 0.2) is 0 Å². The van der Waals surface area contributed by atoms with E-state index in [1.165, 1.54) is 0 Å². The molecule has 0 aromatic heterocycles. The zero-order valence-electron chi connectivity index (χ0n) is 7.74. The minimum Gasteiger partial charge on any atom is -0.481 e. The molecular weight excluding hydrogens is 168 g/mol. The zero-order valence-corrected chi connectivity index (χ0v) is 7.74. The molecule has 1 N–H and O–H groups in total. The molecule has 3 heteroatoms. The second kappa shape index (κ2) is 3.66. The van der Waals surface area contributed by atoms with Gasteiger partial charge in [0.25, 0.3) is 0 Å². The fourth-order valence-corrected chi connectivity index (χ4v) is 2.59. The van der Waals surface area contributed by atoms with Gasteiger partial charge in [-0.25, -0.2) is 0 Å². The third-order valence-electron chi connectivity index (χ3n) is 3.45. The van der Waals surface area contributed by atoms with Gasteiger partial charge in [-0.15, -0.1) is 0 Å². The Bertz CT molecular complexity index is 202. The first kappa shape index (κ1) is 9.00. The Morgan fingerprint density at radius 1 is 1.23 bits per heavy atom. The number of ether oxygens (including phenoxy) is 1. The summed E-state index contributed by atoms with van der Waals surface area (Å²) in [6.45, 7) is 1.69. The van der Waals surface area contributed by atoms with E-state index in [9.17, 15) is 4.79 Å². The van der Waals surface area contributed by atoms with Crippen molar-refractivity contribution in [2.24, 2.45) is 17.8 Å². The van der Waals surface area contributed by atoms with Crippen LogP contribution >= 0.6 is 0 Å². The molecule has 3 unspecified atom stereocenters. The molecule has 2 rings (SSSR count). The summed E-state index contributed by atoms with van der Waals surface area (Å²) in [6.07, 6.45) is 3.83. The van der Waals surface area contributed by atoms with Crippen LogP contribution in [-0.4, -0.2) is 24.3 Å². The van der Waals surface area contributed by atoms with E-state index in [1.54, 1.807) is 0 Å². The molecule has 74 valence electrons. The lowest BCUT2D eigenvalue weighted by Gasteiger charge is -2.37. The van der Waals surface area contributed by atoms with Crippen molar-refractivity contribution in [2.75, 3.05) is 13.2 Å². The van der Waals surface area contributed by atoms with Gasteiger partial charge in [-0.1, -0.05) is 0 Å². The van der Waals surface area contributed by atoms with Crippen molar-refractivity contribution in [1.29, 1.82) is 0 Å². The van der Waals surface area contributed by atoms with Crippen molar-refractivity contribution in [1.82, 2.24) is 0 Å². The molecule has 3 atom stereocenters. The third kappa shape index (κ3) is 1.85. The SMILES string of the molecule is O=C(O)C1CCC2COCCC2C1. The summed E-state index contributed by atoms with van der Waals surface area (Å²) >= 11 is 0. The Balaban J connectivity index is 1.95. The van der Waals surface area contributed by atoms with Crippen LogP contribution < -0.4 is 0 Å². The maximum atomic E-state index is 10.8. The van der Waals surface area contributed by atoms with Crippen LogP contribution in [0.15, 0.2) is 0 Å². The molecule has 0 spiro atoms. The molecule has 1 heterocycles. The van der Waals surface area contributed by atoms with Crippen LogP contribution in [0.2, 0.25) is 0 Å². The number of carboxylic acids is 1. The van der Waals surface area contributed by atoms with Gasteiger partial charge in [0.05, 0.1) is 5.92 Å². The summed E-state index contributed by atoms with van der Waals surface area (Å²) in [6, 6.07) is 0. The topological polar surface area (TPSA) is 46.5 Å². The summed E-state index contributed by atoms with van der Waals surface area (Å²) in [7, 11) is 0. The fourth-order valence-electron chi connectivity index (χ4n) is 2.59. The van der Waals surface area contributed by atoms with Crippen LogP contribution in [0.5, 0.6) is 0 Å². The van der Waals surface area contributed by atoms with Gasteiger partial charge >= 0.3 is 5.97 Å². The number of rotatable bonds is 1. The first-order chi connectivity index (χ1) is 6.27. The van der Waals surface area contributed by atoms with Crippen LogP contribution in [0, 0.1) is 17.8 Å². The quantitative estimate of drug-likeness (QED) is 0.672. The Labute approximate surface area is 78.1 Å². The van der Waals surface area contributed by atoms with Gasteiger partial charge < -0.3 is 9.84 Å². The van der Waals surface area contributed by atoms with E-state index < -0.39 is 5.97 Å². The predicted molar refractivity (Wildman–Crippen MR) is 47.4 cm³/mol. The van der Waals surface area contributed by atoms with Crippen molar-refractivity contribution < 1.29 is 14.6 Å². The molecule has 2 aliphatic rings. The lowest BCUT2D eigenvalue weighted by Crippen LogP contribution is -2.35. The largest absolute Gasteiger partial charge is 0.481 e. The van der Waals surface area contributed by atoms with Crippen molar-refractivity contribution >= 4 is 5.97 Å². The van der Waals surface area contributed by atoms with E-state index in [2.05, 4.69) is 0 Å². The number of hydrogen-bond acceptors (Lipinski definition) is 2. The van der Waals surface area contributed by atoms with Crippen molar-refractivity contribution in [3.63, 3.8) is 0 Å². The summed E-state index contributed by atoms with van der Waals surface area (Å²) in [5.74, 6) is 0.567. The van der Waals surface area contributed by atoms with E-state index in [0.717, 1.165) is 38.9 Å². The summed E-state index contributed by atoms with van der Waals surface area (Å²) in [4.78, 5) is 10.8. The summed E-state index contributed by atoms with van der Waals surface area (Å²) in [5, 5.41) is 8.90. The van der Waals surface area contributed by atoms with Crippen molar-refractivity contribution in [3.8, 4) is 0 Å². The highest BCUT2D eigenvalue weighted by molar-refractivity contribution is 5.70. The fraction of sp³-hybridized carbons (Fsp3) is 0.900. The number of carboxylic acid groups (broad SMARTS) is 1. The molecule has 2 fully saturated rings. The molecule has 0 amide bonds. The highest BCUT2D eigenvalue weighted by Gasteiger charge is 2.35. The standard InChI is InChI=1S/C10H16O3/c11-10(12)8-1-2-9-6-13-4-3-7(9)5-8/h7-9H,1-6H2,(H,11,12). The van der Waals surface area contributed by atoms with Crippen molar-refractivity contribution in [3.05, 3.63) is 0 Å². The molecule has 3 nitrogen and oxygen atoms in total.